The van der Waals surface area contributed by atoms with Gasteiger partial charge in [-0.3, -0.25) is 0 Å². The van der Waals surface area contributed by atoms with Gasteiger partial charge in [0.1, 0.15) is 0 Å². The second-order valence-electron chi connectivity index (χ2n) is 6.14. The van der Waals surface area contributed by atoms with Gasteiger partial charge in [0.15, 0.2) is 11.5 Å². The standard InChI is InChI=1S/C16H20N2O2S/c1-16(2,3)15-18-9-12(21-15)8-17-7-11-5-4-6-13-14(11)20-10-19-13/h4-6,9,17H,7-8,10H2,1-3H3. The van der Waals surface area contributed by atoms with Crippen molar-refractivity contribution >= 4 is 11.3 Å². The van der Waals surface area contributed by atoms with E-state index in [1.54, 1.807) is 11.3 Å². The van der Waals surface area contributed by atoms with Gasteiger partial charge in [0.25, 0.3) is 0 Å². The molecule has 1 aliphatic heterocycles. The molecule has 0 saturated heterocycles. The van der Waals surface area contributed by atoms with Crippen molar-refractivity contribution in [3.8, 4) is 11.5 Å². The molecule has 3 rings (SSSR count). The van der Waals surface area contributed by atoms with E-state index in [4.69, 9.17) is 9.47 Å². The molecule has 0 unspecified atom stereocenters. The monoisotopic (exact) mass is 304 g/mol. The highest BCUT2D eigenvalue weighted by atomic mass is 32.1. The Morgan fingerprint density at radius 1 is 1.24 bits per heavy atom. The molecule has 1 aromatic heterocycles. The SMILES string of the molecule is CC(C)(C)c1ncc(CNCc2cccc3c2OCO3)s1. The molecule has 0 amide bonds. The lowest BCUT2D eigenvalue weighted by molar-refractivity contribution is 0.173. The molecule has 0 fully saturated rings. The largest absolute Gasteiger partial charge is 0.454 e. The summed E-state index contributed by atoms with van der Waals surface area (Å²) >= 11 is 1.77. The molecule has 21 heavy (non-hydrogen) atoms. The summed E-state index contributed by atoms with van der Waals surface area (Å²) in [5.41, 5.74) is 1.25. The third kappa shape index (κ3) is 3.19. The highest BCUT2D eigenvalue weighted by molar-refractivity contribution is 7.11. The van der Waals surface area contributed by atoms with Crippen LogP contribution >= 0.6 is 11.3 Å². The molecule has 0 aliphatic carbocycles. The van der Waals surface area contributed by atoms with E-state index >= 15 is 0 Å². The normalized spacial score (nSPS) is 13.7. The number of thiazole rings is 1. The van der Waals surface area contributed by atoms with Crippen LogP contribution in [0.4, 0.5) is 0 Å². The zero-order chi connectivity index (χ0) is 14.9. The van der Waals surface area contributed by atoms with Crippen LogP contribution in [0.25, 0.3) is 0 Å². The van der Waals surface area contributed by atoms with E-state index in [1.807, 2.05) is 18.3 Å². The zero-order valence-electron chi connectivity index (χ0n) is 12.6. The summed E-state index contributed by atoms with van der Waals surface area (Å²) in [5, 5.41) is 4.62. The molecule has 1 aliphatic rings. The van der Waals surface area contributed by atoms with Gasteiger partial charge in [-0.15, -0.1) is 11.3 Å². The van der Waals surface area contributed by atoms with Gasteiger partial charge in [0.05, 0.1) is 5.01 Å². The molecule has 1 N–H and O–H groups in total. The number of para-hydroxylation sites is 1. The molecule has 112 valence electrons. The van der Waals surface area contributed by atoms with Crippen LogP contribution in [0.1, 0.15) is 36.2 Å². The number of ether oxygens (including phenoxy) is 2. The molecular formula is C16H20N2O2S. The summed E-state index contributed by atoms with van der Waals surface area (Å²) in [4.78, 5) is 5.76. The Bertz CT molecular complexity index is 631. The van der Waals surface area contributed by atoms with E-state index in [-0.39, 0.29) is 5.41 Å². The number of benzene rings is 1. The molecule has 4 nitrogen and oxygen atoms in total. The first kappa shape index (κ1) is 14.4. The van der Waals surface area contributed by atoms with E-state index in [2.05, 4.69) is 37.1 Å². The lowest BCUT2D eigenvalue weighted by atomic mass is 9.98. The van der Waals surface area contributed by atoms with Gasteiger partial charge in [-0.1, -0.05) is 32.9 Å². The Hall–Kier alpha value is -1.59. The van der Waals surface area contributed by atoms with Gasteiger partial charge < -0.3 is 14.8 Å². The second-order valence-corrected chi connectivity index (χ2v) is 7.25. The quantitative estimate of drug-likeness (QED) is 0.939. The Kier molecular flexibility index (Phi) is 3.87. The first-order valence-corrected chi connectivity index (χ1v) is 7.89. The molecule has 0 spiro atoms. The highest BCUT2D eigenvalue weighted by Crippen LogP contribution is 2.35. The van der Waals surface area contributed by atoms with Gasteiger partial charge in [0.2, 0.25) is 6.79 Å². The summed E-state index contributed by atoms with van der Waals surface area (Å²) in [6.45, 7) is 8.46. The predicted octanol–water partition coefficient (Wildman–Crippen LogP) is 3.46. The van der Waals surface area contributed by atoms with Crippen LogP contribution in [0, 0.1) is 0 Å². The maximum absolute atomic E-state index is 5.51. The second kappa shape index (κ2) is 5.66. The van der Waals surface area contributed by atoms with Gasteiger partial charge in [0, 0.05) is 35.1 Å². The maximum Gasteiger partial charge on any atom is 0.231 e. The third-order valence-corrected chi connectivity index (χ3v) is 4.71. The van der Waals surface area contributed by atoms with Gasteiger partial charge in [-0.05, 0) is 6.07 Å². The Labute approximate surface area is 129 Å². The van der Waals surface area contributed by atoms with Crippen LogP contribution in [0.15, 0.2) is 24.4 Å². The van der Waals surface area contributed by atoms with Crippen molar-refractivity contribution in [1.82, 2.24) is 10.3 Å². The fraction of sp³-hybridized carbons (Fsp3) is 0.438. The molecular weight excluding hydrogens is 284 g/mol. The average molecular weight is 304 g/mol. The third-order valence-electron chi connectivity index (χ3n) is 3.29. The summed E-state index contributed by atoms with van der Waals surface area (Å²) in [5.74, 6) is 1.70. The fourth-order valence-corrected chi connectivity index (χ4v) is 3.13. The highest BCUT2D eigenvalue weighted by Gasteiger charge is 2.18. The first-order valence-electron chi connectivity index (χ1n) is 7.07. The number of nitrogens with one attached hydrogen (secondary N) is 1. The summed E-state index contributed by atoms with van der Waals surface area (Å²) in [6, 6.07) is 5.99. The van der Waals surface area contributed by atoms with Crippen molar-refractivity contribution in [2.24, 2.45) is 0 Å². The fourth-order valence-electron chi connectivity index (χ4n) is 2.19. The molecule has 1 aromatic carbocycles. The summed E-state index contributed by atoms with van der Waals surface area (Å²) in [7, 11) is 0. The molecule has 0 atom stereocenters. The Morgan fingerprint density at radius 3 is 2.86 bits per heavy atom. The molecule has 0 radical (unpaired) electrons. The topological polar surface area (TPSA) is 43.4 Å². The minimum absolute atomic E-state index is 0.119. The van der Waals surface area contributed by atoms with Crippen molar-refractivity contribution in [2.45, 2.75) is 39.3 Å². The van der Waals surface area contributed by atoms with Crippen LogP contribution in [0.2, 0.25) is 0 Å². The van der Waals surface area contributed by atoms with Crippen LogP contribution in [-0.2, 0) is 18.5 Å². The van der Waals surface area contributed by atoms with Gasteiger partial charge >= 0.3 is 0 Å². The van der Waals surface area contributed by atoms with Crippen molar-refractivity contribution in [2.75, 3.05) is 6.79 Å². The maximum atomic E-state index is 5.51. The van der Waals surface area contributed by atoms with Crippen LogP contribution in [-0.4, -0.2) is 11.8 Å². The van der Waals surface area contributed by atoms with Crippen molar-refractivity contribution < 1.29 is 9.47 Å². The lowest BCUT2D eigenvalue weighted by Gasteiger charge is -2.13. The molecule has 5 heteroatoms. The smallest absolute Gasteiger partial charge is 0.231 e. The van der Waals surface area contributed by atoms with E-state index < -0.39 is 0 Å². The number of fused-ring (bicyclic) bond motifs is 1. The predicted molar refractivity (Wildman–Crippen MR) is 83.9 cm³/mol. The molecule has 2 heterocycles. The van der Waals surface area contributed by atoms with E-state index in [0.717, 1.165) is 30.2 Å². The molecule has 0 bridgehead atoms. The van der Waals surface area contributed by atoms with Crippen LogP contribution in [0.5, 0.6) is 11.5 Å². The minimum atomic E-state index is 0.119. The van der Waals surface area contributed by atoms with Crippen molar-refractivity contribution in [1.29, 1.82) is 0 Å². The zero-order valence-corrected chi connectivity index (χ0v) is 13.4. The lowest BCUT2D eigenvalue weighted by Crippen LogP contribution is -2.12. The van der Waals surface area contributed by atoms with E-state index in [1.165, 1.54) is 9.88 Å². The van der Waals surface area contributed by atoms with Crippen LogP contribution in [0.3, 0.4) is 0 Å². The number of aromatic nitrogens is 1. The number of hydrogen-bond acceptors (Lipinski definition) is 5. The van der Waals surface area contributed by atoms with Crippen molar-refractivity contribution in [3.63, 3.8) is 0 Å². The molecule has 0 saturated carbocycles. The van der Waals surface area contributed by atoms with E-state index in [0.29, 0.717) is 6.79 Å². The summed E-state index contributed by atoms with van der Waals surface area (Å²) in [6.07, 6.45) is 1.97. The van der Waals surface area contributed by atoms with Gasteiger partial charge in [-0.25, -0.2) is 4.98 Å². The first-order chi connectivity index (χ1) is 10.0. The molecule has 2 aromatic rings. The number of rotatable bonds is 4. The Morgan fingerprint density at radius 2 is 2.10 bits per heavy atom. The minimum Gasteiger partial charge on any atom is -0.454 e. The Balaban J connectivity index is 1.60. The summed E-state index contributed by atoms with van der Waals surface area (Å²) < 4.78 is 10.9. The average Bonchev–Trinajstić information content (AvgIpc) is 3.06. The van der Waals surface area contributed by atoms with Crippen LogP contribution < -0.4 is 14.8 Å². The van der Waals surface area contributed by atoms with Crippen molar-refractivity contribution in [3.05, 3.63) is 39.8 Å². The van der Waals surface area contributed by atoms with Gasteiger partial charge in [-0.2, -0.15) is 0 Å². The number of hydrogen-bond donors (Lipinski definition) is 1. The van der Waals surface area contributed by atoms with E-state index in [9.17, 15) is 0 Å². The number of nitrogens with zero attached hydrogens (tertiary/aromatic N) is 1.